The normalized spacial score (nSPS) is 13.6. The second-order valence-electron chi connectivity index (χ2n) is 8.79. The smallest absolute Gasteiger partial charge is 0.241 e. The van der Waals surface area contributed by atoms with Crippen molar-refractivity contribution in [1.29, 1.82) is 0 Å². The number of benzene rings is 3. The van der Waals surface area contributed by atoms with Crippen LogP contribution in [0, 0.1) is 0 Å². The van der Waals surface area contributed by atoms with E-state index in [0.29, 0.717) is 17.1 Å². The lowest BCUT2D eigenvalue weighted by atomic mass is 9.87. The first-order chi connectivity index (χ1) is 15.2. The molecule has 2 N–H and O–H groups in total. The van der Waals surface area contributed by atoms with Crippen molar-refractivity contribution in [2.75, 3.05) is 0 Å². The molecule has 0 radical (unpaired) electrons. The molecule has 3 aromatic carbocycles. The maximum absolute atomic E-state index is 13.4. The monoisotopic (exact) mass is 450 g/mol. The van der Waals surface area contributed by atoms with Crippen LogP contribution in [0.3, 0.4) is 0 Å². The van der Waals surface area contributed by atoms with Crippen LogP contribution in [0.2, 0.25) is 0 Å². The third kappa shape index (κ3) is 4.54. The zero-order valence-corrected chi connectivity index (χ0v) is 19.1. The van der Waals surface area contributed by atoms with Crippen LogP contribution in [0.25, 0.3) is 0 Å². The van der Waals surface area contributed by atoms with Gasteiger partial charge in [-0.15, -0.1) is 0 Å². The lowest BCUT2D eigenvalue weighted by Crippen LogP contribution is -2.41. The quantitative estimate of drug-likeness (QED) is 0.606. The fourth-order valence-electron chi connectivity index (χ4n) is 3.85. The van der Waals surface area contributed by atoms with Crippen LogP contribution in [0.15, 0.2) is 77.7 Å². The first kappa shape index (κ1) is 22.0. The van der Waals surface area contributed by atoms with Gasteiger partial charge in [-0.2, -0.15) is 0 Å². The van der Waals surface area contributed by atoms with Gasteiger partial charge in [0.1, 0.15) is 11.5 Å². The fourth-order valence-corrected chi connectivity index (χ4v) is 5.51. The predicted octanol–water partition coefficient (Wildman–Crippen LogP) is 4.32. The molecule has 6 nitrogen and oxygen atoms in total. The zero-order valence-electron chi connectivity index (χ0n) is 18.3. The number of nitrogens with one attached hydrogen (secondary N) is 2. The topological polar surface area (TPSA) is 84.5 Å². The molecule has 32 heavy (non-hydrogen) atoms. The Morgan fingerprint density at radius 2 is 1.41 bits per heavy atom. The second-order valence-corrected chi connectivity index (χ2v) is 10.4. The summed E-state index contributed by atoms with van der Waals surface area (Å²) >= 11 is 0. The summed E-state index contributed by atoms with van der Waals surface area (Å²) in [5.41, 5.74) is 1.45. The molecule has 3 aromatic rings. The van der Waals surface area contributed by atoms with E-state index in [-0.39, 0.29) is 17.3 Å². The van der Waals surface area contributed by atoms with Crippen molar-refractivity contribution in [1.82, 2.24) is 10.0 Å². The van der Waals surface area contributed by atoms with Gasteiger partial charge in [-0.1, -0.05) is 54.6 Å². The van der Waals surface area contributed by atoms with E-state index in [1.165, 1.54) is 0 Å². The summed E-state index contributed by atoms with van der Waals surface area (Å²) in [5, 5.41) is 2.94. The Kier molecular flexibility index (Phi) is 5.79. The van der Waals surface area contributed by atoms with Gasteiger partial charge in [-0.3, -0.25) is 4.79 Å². The summed E-state index contributed by atoms with van der Waals surface area (Å²) in [6, 6.07) is 21.6. The van der Waals surface area contributed by atoms with E-state index in [1.54, 1.807) is 45.0 Å². The minimum atomic E-state index is -3.74. The molecule has 0 atom stereocenters. The van der Waals surface area contributed by atoms with Gasteiger partial charge < -0.3 is 10.1 Å². The first-order valence-electron chi connectivity index (χ1n) is 10.4. The molecule has 0 aliphatic carbocycles. The van der Waals surface area contributed by atoms with E-state index < -0.39 is 21.5 Å². The van der Waals surface area contributed by atoms with Gasteiger partial charge in [0.2, 0.25) is 15.9 Å². The molecule has 1 heterocycles. The molecule has 0 spiro atoms. The minimum absolute atomic E-state index is 0.0851. The number of para-hydroxylation sites is 2. The summed E-state index contributed by atoms with van der Waals surface area (Å²) in [6.07, 6.45) is 0. The van der Waals surface area contributed by atoms with Gasteiger partial charge in [0.15, 0.2) is 0 Å². The highest BCUT2D eigenvalue weighted by molar-refractivity contribution is 7.89. The number of carbonyl (C=O) groups is 1. The van der Waals surface area contributed by atoms with Gasteiger partial charge in [-0.05, 0) is 44.5 Å². The van der Waals surface area contributed by atoms with Gasteiger partial charge in [0.25, 0.3) is 0 Å². The molecule has 0 aromatic heterocycles. The van der Waals surface area contributed by atoms with Gasteiger partial charge >= 0.3 is 0 Å². The van der Waals surface area contributed by atoms with E-state index in [9.17, 15) is 13.2 Å². The third-order valence-corrected chi connectivity index (χ3v) is 6.96. The minimum Gasteiger partial charge on any atom is -0.457 e. The first-order valence-corrected chi connectivity index (χ1v) is 11.9. The molecule has 4 rings (SSSR count). The fraction of sp³-hybridized carbons (Fsp3) is 0.240. The number of hydrogen-bond donors (Lipinski definition) is 2. The molecule has 0 saturated heterocycles. The molecule has 0 unspecified atom stereocenters. The maximum atomic E-state index is 13.4. The standard InChI is InChI=1S/C25H26N2O4S/c1-25(2,3)27-32(29,30)22-15-9-4-10-17(22)16-26-24(28)23-18-11-5-7-13-20(18)31-21-14-8-6-12-19(21)23/h4-15,23,27H,16H2,1-3H3,(H,26,28). The molecule has 1 aliphatic rings. The highest BCUT2D eigenvalue weighted by atomic mass is 32.2. The van der Waals surface area contributed by atoms with Crippen LogP contribution in [-0.4, -0.2) is 19.9 Å². The average molecular weight is 451 g/mol. The number of sulfonamides is 1. The zero-order chi connectivity index (χ0) is 22.9. The van der Waals surface area contributed by atoms with Crippen molar-refractivity contribution in [2.24, 2.45) is 0 Å². The lowest BCUT2D eigenvalue weighted by molar-refractivity contribution is -0.122. The Morgan fingerprint density at radius 3 is 2.00 bits per heavy atom. The Labute approximate surface area is 188 Å². The highest BCUT2D eigenvalue weighted by Gasteiger charge is 2.32. The maximum Gasteiger partial charge on any atom is 0.241 e. The van der Waals surface area contributed by atoms with E-state index in [4.69, 9.17) is 4.74 Å². The molecule has 0 fully saturated rings. The van der Waals surface area contributed by atoms with Crippen LogP contribution < -0.4 is 14.8 Å². The Morgan fingerprint density at radius 1 is 0.875 bits per heavy atom. The second kappa shape index (κ2) is 8.41. The molecular weight excluding hydrogens is 424 g/mol. The summed E-state index contributed by atoms with van der Waals surface area (Å²) in [4.78, 5) is 13.5. The van der Waals surface area contributed by atoms with Gasteiger partial charge in [-0.25, -0.2) is 13.1 Å². The molecule has 1 amide bonds. The van der Waals surface area contributed by atoms with Crippen LogP contribution in [0.5, 0.6) is 11.5 Å². The predicted molar refractivity (Wildman–Crippen MR) is 123 cm³/mol. The number of ether oxygens (including phenoxy) is 1. The summed E-state index contributed by atoms with van der Waals surface area (Å²) in [7, 11) is -3.74. The summed E-state index contributed by atoms with van der Waals surface area (Å²) < 4.78 is 34.4. The Hall–Kier alpha value is -3.16. The van der Waals surface area contributed by atoms with Crippen molar-refractivity contribution in [3.63, 3.8) is 0 Å². The summed E-state index contributed by atoms with van der Waals surface area (Å²) in [6.45, 7) is 5.45. The van der Waals surface area contributed by atoms with Crippen molar-refractivity contribution in [3.8, 4) is 11.5 Å². The summed E-state index contributed by atoms with van der Waals surface area (Å²) in [5.74, 6) is 0.518. The van der Waals surface area contributed by atoms with Crippen LogP contribution in [0.1, 0.15) is 43.4 Å². The van der Waals surface area contributed by atoms with Crippen molar-refractivity contribution >= 4 is 15.9 Å². The molecule has 1 aliphatic heterocycles. The molecule has 166 valence electrons. The number of fused-ring (bicyclic) bond motifs is 2. The van der Waals surface area contributed by atoms with Crippen molar-refractivity contribution < 1.29 is 17.9 Å². The molecule has 7 heteroatoms. The average Bonchev–Trinajstić information content (AvgIpc) is 2.74. The highest BCUT2D eigenvalue weighted by Crippen LogP contribution is 2.43. The molecule has 0 saturated carbocycles. The molecule has 0 bridgehead atoms. The number of carbonyl (C=O) groups excluding carboxylic acids is 1. The van der Waals surface area contributed by atoms with E-state index in [2.05, 4.69) is 10.0 Å². The van der Waals surface area contributed by atoms with Crippen LogP contribution >= 0.6 is 0 Å². The lowest BCUT2D eigenvalue weighted by Gasteiger charge is -2.27. The van der Waals surface area contributed by atoms with Gasteiger partial charge in [0.05, 0.1) is 10.8 Å². The largest absolute Gasteiger partial charge is 0.457 e. The van der Waals surface area contributed by atoms with Gasteiger partial charge in [0, 0.05) is 23.2 Å². The SMILES string of the molecule is CC(C)(C)NS(=O)(=O)c1ccccc1CNC(=O)C1c2ccccc2Oc2ccccc21. The number of amides is 1. The van der Waals surface area contributed by atoms with E-state index >= 15 is 0 Å². The Balaban J connectivity index is 1.62. The molecular formula is C25H26N2O4S. The van der Waals surface area contributed by atoms with Crippen molar-refractivity contribution in [3.05, 3.63) is 89.5 Å². The third-order valence-electron chi connectivity index (χ3n) is 5.10. The Bertz CT molecular complexity index is 1220. The number of hydrogen-bond acceptors (Lipinski definition) is 4. The van der Waals surface area contributed by atoms with E-state index in [0.717, 1.165) is 11.1 Å². The van der Waals surface area contributed by atoms with E-state index in [1.807, 2.05) is 48.5 Å². The van der Waals surface area contributed by atoms with Crippen LogP contribution in [0.4, 0.5) is 0 Å². The number of rotatable bonds is 5. The van der Waals surface area contributed by atoms with Crippen LogP contribution in [-0.2, 0) is 21.4 Å². The van der Waals surface area contributed by atoms with Crippen molar-refractivity contribution in [2.45, 2.75) is 43.7 Å².